The summed E-state index contributed by atoms with van der Waals surface area (Å²) in [6, 6.07) is 6.83. The molecule has 0 amide bonds. The first-order chi connectivity index (χ1) is 7.86. The first kappa shape index (κ1) is 10.1. The second kappa shape index (κ2) is 4.39. The monoisotopic (exact) mass is 217 g/mol. The Balaban J connectivity index is 2.67. The predicted octanol–water partition coefficient (Wildman–Crippen LogP) is 1.31. The van der Waals surface area contributed by atoms with Crippen molar-refractivity contribution in [2.24, 2.45) is 0 Å². The van der Waals surface area contributed by atoms with Gasteiger partial charge in [-0.05, 0) is 18.2 Å². The first-order valence-electron chi connectivity index (χ1n) is 4.45. The number of ether oxygens (including phenoxy) is 2. The van der Waals surface area contributed by atoms with Gasteiger partial charge in [0.05, 0.1) is 0 Å². The quantitative estimate of drug-likeness (QED) is 0.722. The number of nitrogens with zero attached hydrogens (tertiary/aromatic N) is 1. The molecule has 16 heavy (non-hydrogen) atoms. The largest absolute Gasteiger partial charge is 0.425 e. The predicted molar refractivity (Wildman–Crippen MR) is 55.1 cm³/mol. The minimum Gasteiger partial charge on any atom is -0.425 e. The van der Waals surface area contributed by atoms with Gasteiger partial charge in [0.1, 0.15) is 5.52 Å². The van der Waals surface area contributed by atoms with Crippen molar-refractivity contribution in [2.45, 2.75) is 0 Å². The standard InChI is InChI=1S/C11H7NO4/c13-6-15-9-4-3-8-2-1-5-12-10(8)11(9)16-7-14/h1-7H. The average molecular weight is 217 g/mol. The van der Waals surface area contributed by atoms with E-state index in [4.69, 9.17) is 9.47 Å². The Morgan fingerprint density at radius 3 is 2.62 bits per heavy atom. The van der Waals surface area contributed by atoms with Crippen molar-refractivity contribution in [1.82, 2.24) is 4.98 Å². The molecule has 80 valence electrons. The lowest BCUT2D eigenvalue weighted by molar-refractivity contribution is -0.123. The van der Waals surface area contributed by atoms with Crippen LogP contribution >= 0.6 is 0 Å². The third-order valence-corrected chi connectivity index (χ3v) is 2.03. The Hall–Kier alpha value is -2.43. The van der Waals surface area contributed by atoms with Crippen molar-refractivity contribution in [3.63, 3.8) is 0 Å². The van der Waals surface area contributed by atoms with Crippen LogP contribution < -0.4 is 9.47 Å². The average Bonchev–Trinajstić information content (AvgIpc) is 2.32. The zero-order chi connectivity index (χ0) is 11.4. The molecule has 1 heterocycles. The zero-order valence-corrected chi connectivity index (χ0v) is 8.12. The summed E-state index contributed by atoms with van der Waals surface area (Å²) in [5.74, 6) is 0.300. The van der Waals surface area contributed by atoms with E-state index >= 15 is 0 Å². The number of carbonyl (C=O) groups excluding carboxylic acids is 2. The van der Waals surface area contributed by atoms with Gasteiger partial charge in [0.15, 0.2) is 11.5 Å². The third-order valence-electron chi connectivity index (χ3n) is 2.03. The number of fused-ring (bicyclic) bond motifs is 1. The van der Waals surface area contributed by atoms with Gasteiger partial charge < -0.3 is 9.47 Å². The number of hydrogen-bond acceptors (Lipinski definition) is 5. The molecule has 0 spiro atoms. The summed E-state index contributed by atoms with van der Waals surface area (Å²) < 4.78 is 9.47. The molecule has 0 aliphatic carbocycles. The first-order valence-corrected chi connectivity index (χ1v) is 4.45. The molecule has 0 saturated carbocycles. The summed E-state index contributed by atoms with van der Waals surface area (Å²) in [6.07, 6.45) is 1.56. The topological polar surface area (TPSA) is 65.5 Å². The molecule has 0 atom stereocenters. The fourth-order valence-electron chi connectivity index (χ4n) is 1.41. The molecule has 1 aromatic carbocycles. The van der Waals surface area contributed by atoms with Crippen LogP contribution in [0.3, 0.4) is 0 Å². The van der Waals surface area contributed by atoms with Crippen LogP contribution in [0.1, 0.15) is 0 Å². The van der Waals surface area contributed by atoms with Crippen LogP contribution in [-0.4, -0.2) is 17.9 Å². The maximum atomic E-state index is 10.4. The van der Waals surface area contributed by atoms with E-state index in [9.17, 15) is 9.59 Å². The molecule has 0 bridgehead atoms. The Kier molecular flexibility index (Phi) is 2.77. The second-order valence-corrected chi connectivity index (χ2v) is 2.90. The van der Waals surface area contributed by atoms with Crippen LogP contribution in [0, 0.1) is 0 Å². The lowest BCUT2D eigenvalue weighted by Crippen LogP contribution is -1.97. The van der Waals surface area contributed by atoms with E-state index in [0.717, 1.165) is 5.39 Å². The lowest BCUT2D eigenvalue weighted by atomic mass is 10.2. The summed E-state index contributed by atoms with van der Waals surface area (Å²) in [5, 5.41) is 0.789. The molecule has 0 radical (unpaired) electrons. The molecule has 0 fully saturated rings. The maximum absolute atomic E-state index is 10.4. The van der Waals surface area contributed by atoms with Gasteiger partial charge in [-0.15, -0.1) is 0 Å². The lowest BCUT2D eigenvalue weighted by Gasteiger charge is -2.07. The number of hydrogen-bond donors (Lipinski definition) is 0. The van der Waals surface area contributed by atoms with E-state index in [0.29, 0.717) is 5.52 Å². The Bertz CT molecular complexity index is 538. The van der Waals surface area contributed by atoms with Crippen LogP contribution in [0.25, 0.3) is 10.9 Å². The van der Waals surface area contributed by atoms with Gasteiger partial charge in [-0.3, -0.25) is 14.6 Å². The van der Waals surface area contributed by atoms with Gasteiger partial charge in [-0.1, -0.05) is 6.07 Å². The highest BCUT2D eigenvalue weighted by molar-refractivity contribution is 5.88. The molecule has 5 heteroatoms. The van der Waals surface area contributed by atoms with Gasteiger partial charge in [-0.2, -0.15) is 0 Å². The van der Waals surface area contributed by atoms with Gasteiger partial charge in [0.2, 0.25) is 0 Å². The molecule has 2 rings (SSSR count). The summed E-state index contributed by atoms with van der Waals surface area (Å²) in [4.78, 5) is 24.7. The van der Waals surface area contributed by atoms with Gasteiger partial charge in [0, 0.05) is 11.6 Å². The van der Waals surface area contributed by atoms with Crippen molar-refractivity contribution in [2.75, 3.05) is 0 Å². The Labute approximate surface area is 90.6 Å². The smallest absolute Gasteiger partial charge is 0.298 e. The van der Waals surface area contributed by atoms with E-state index < -0.39 is 0 Å². The second-order valence-electron chi connectivity index (χ2n) is 2.90. The van der Waals surface area contributed by atoms with E-state index in [-0.39, 0.29) is 24.4 Å². The van der Waals surface area contributed by atoms with Gasteiger partial charge in [-0.25, -0.2) is 0 Å². The summed E-state index contributed by atoms with van der Waals surface area (Å²) >= 11 is 0. The third kappa shape index (κ3) is 1.70. The van der Waals surface area contributed by atoms with Gasteiger partial charge in [0.25, 0.3) is 12.9 Å². The van der Waals surface area contributed by atoms with E-state index in [2.05, 4.69) is 4.98 Å². The number of aromatic nitrogens is 1. The molecule has 0 unspecified atom stereocenters. The van der Waals surface area contributed by atoms with Crippen LogP contribution in [0.2, 0.25) is 0 Å². The van der Waals surface area contributed by atoms with E-state index in [1.807, 2.05) is 6.07 Å². The number of pyridine rings is 1. The molecule has 5 nitrogen and oxygen atoms in total. The molecule has 1 aromatic heterocycles. The normalized spacial score (nSPS) is 9.75. The summed E-state index contributed by atoms with van der Waals surface area (Å²) in [5.41, 5.74) is 0.467. The van der Waals surface area contributed by atoms with Crippen LogP contribution in [0.4, 0.5) is 0 Å². The highest BCUT2D eigenvalue weighted by Gasteiger charge is 2.11. The molecule has 0 aliphatic heterocycles. The Morgan fingerprint density at radius 2 is 1.88 bits per heavy atom. The minimum atomic E-state index is 0.139. The van der Waals surface area contributed by atoms with Crippen molar-refractivity contribution in [1.29, 1.82) is 0 Å². The number of carbonyl (C=O) groups is 2. The fourth-order valence-corrected chi connectivity index (χ4v) is 1.41. The molecular formula is C11H7NO4. The van der Waals surface area contributed by atoms with Crippen LogP contribution in [0.15, 0.2) is 30.5 Å². The minimum absolute atomic E-state index is 0.139. The molecule has 0 N–H and O–H groups in total. The molecule has 2 aromatic rings. The van der Waals surface area contributed by atoms with Crippen molar-refractivity contribution < 1.29 is 19.1 Å². The highest BCUT2D eigenvalue weighted by atomic mass is 16.6. The van der Waals surface area contributed by atoms with Crippen molar-refractivity contribution in [3.8, 4) is 11.5 Å². The van der Waals surface area contributed by atoms with Gasteiger partial charge >= 0.3 is 0 Å². The highest BCUT2D eigenvalue weighted by Crippen LogP contribution is 2.33. The fraction of sp³-hybridized carbons (Fsp3) is 0. The summed E-state index contributed by atoms with van der Waals surface area (Å²) in [7, 11) is 0. The number of benzene rings is 1. The van der Waals surface area contributed by atoms with Crippen molar-refractivity contribution in [3.05, 3.63) is 30.5 Å². The molecule has 0 aliphatic rings. The zero-order valence-electron chi connectivity index (χ0n) is 8.12. The van der Waals surface area contributed by atoms with Crippen LogP contribution in [0.5, 0.6) is 11.5 Å². The Morgan fingerprint density at radius 1 is 1.06 bits per heavy atom. The molecular weight excluding hydrogens is 210 g/mol. The summed E-state index contributed by atoms with van der Waals surface area (Å²) in [6.45, 7) is 0.531. The van der Waals surface area contributed by atoms with E-state index in [1.54, 1.807) is 18.3 Å². The number of rotatable bonds is 4. The molecule has 0 saturated heterocycles. The van der Waals surface area contributed by atoms with E-state index in [1.165, 1.54) is 6.07 Å². The SMILES string of the molecule is O=COc1ccc2cccnc2c1OC=O. The van der Waals surface area contributed by atoms with Crippen molar-refractivity contribution >= 4 is 23.8 Å². The van der Waals surface area contributed by atoms with Crippen LogP contribution in [-0.2, 0) is 9.59 Å². The maximum Gasteiger partial charge on any atom is 0.298 e.